The van der Waals surface area contributed by atoms with E-state index in [1.165, 1.54) is 47.6 Å². The second-order valence-corrected chi connectivity index (χ2v) is 12.6. The number of hydrogen-bond acceptors (Lipinski definition) is 2. The summed E-state index contributed by atoms with van der Waals surface area (Å²) in [6, 6.07) is 30.9. The lowest BCUT2D eigenvalue weighted by Gasteiger charge is -2.15. The van der Waals surface area contributed by atoms with Crippen molar-refractivity contribution in [2.75, 3.05) is 7.05 Å². The third-order valence-corrected chi connectivity index (χ3v) is 9.97. The number of allylic oxidation sites excluding steroid dienone is 5. The largest absolute Gasteiger partial charge is 0.373 e. The van der Waals surface area contributed by atoms with E-state index >= 15 is 0 Å². The Morgan fingerprint density at radius 1 is 0.822 bits per heavy atom. The van der Waals surface area contributed by atoms with Gasteiger partial charge in [0.05, 0.1) is 23.3 Å². The van der Waals surface area contributed by atoms with Crippen LogP contribution >= 0.6 is 11.3 Å². The van der Waals surface area contributed by atoms with Crippen LogP contribution in [0.5, 0.6) is 0 Å². The monoisotopic (exact) mass is 602 g/mol. The number of thiophene rings is 1. The zero-order chi connectivity index (χ0) is 30.2. The normalized spacial score (nSPS) is 15.8. The number of likely N-dealkylation sites (N-methyl/N-ethyl adjacent to an activating group) is 1. The predicted molar refractivity (Wildman–Crippen MR) is 194 cm³/mol. The Kier molecular flexibility index (Phi) is 7.24. The van der Waals surface area contributed by atoms with Crippen molar-refractivity contribution in [1.82, 2.24) is 9.88 Å². The Hall–Kier alpha value is -5.00. The van der Waals surface area contributed by atoms with Crippen LogP contribution in [-0.2, 0) is 6.54 Å². The molecule has 0 fully saturated rings. The van der Waals surface area contributed by atoms with Crippen molar-refractivity contribution in [3.63, 3.8) is 0 Å². The molecule has 0 atom stereocenters. The van der Waals surface area contributed by atoms with Gasteiger partial charge in [-0.3, -0.25) is 4.99 Å². The van der Waals surface area contributed by atoms with Gasteiger partial charge in [0.15, 0.2) is 5.84 Å². The molecule has 2 heterocycles. The number of aromatic nitrogens is 1. The van der Waals surface area contributed by atoms with Gasteiger partial charge in [0.2, 0.25) is 0 Å². The zero-order valence-electron chi connectivity index (χ0n) is 25.3. The summed E-state index contributed by atoms with van der Waals surface area (Å²) in [6.45, 7) is 0.518. The van der Waals surface area contributed by atoms with Crippen LogP contribution in [-0.4, -0.2) is 23.3 Å². The molecule has 0 saturated heterocycles. The minimum Gasteiger partial charge on any atom is -0.373 e. The van der Waals surface area contributed by atoms with Crippen LogP contribution in [0.25, 0.3) is 47.7 Å². The van der Waals surface area contributed by atoms with Gasteiger partial charge in [-0.2, -0.15) is 0 Å². The first-order valence-electron chi connectivity index (χ1n) is 15.8. The van der Waals surface area contributed by atoms with Crippen LogP contribution in [0.15, 0.2) is 143 Å². The highest BCUT2D eigenvalue weighted by Gasteiger charge is 2.19. The van der Waals surface area contributed by atoms with E-state index in [-0.39, 0.29) is 0 Å². The molecule has 8 rings (SSSR count). The van der Waals surface area contributed by atoms with Gasteiger partial charge in [0.25, 0.3) is 0 Å². The van der Waals surface area contributed by atoms with E-state index in [0.29, 0.717) is 6.54 Å². The van der Waals surface area contributed by atoms with Crippen molar-refractivity contribution >= 4 is 65.0 Å². The maximum atomic E-state index is 5.25. The van der Waals surface area contributed by atoms with Gasteiger partial charge in [-0.15, -0.1) is 11.3 Å². The van der Waals surface area contributed by atoms with Crippen LogP contribution in [0.1, 0.15) is 31.2 Å². The maximum Gasteiger partial charge on any atom is 0.156 e. The minimum atomic E-state index is 0.518. The number of hydrogen-bond donors (Lipinski definition) is 1. The Bertz CT molecular complexity index is 2290. The quantitative estimate of drug-likeness (QED) is 0.155. The average Bonchev–Trinajstić information content (AvgIpc) is 3.65. The first-order chi connectivity index (χ1) is 22.3. The van der Waals surface area contributed by atoms with Gasteiger partial charge in [-0.05, 0) is 61.1 Å². The molecule has 0 amide bonds. The molecule has 2 aliphatic carbocycles. The van der Waals surface area contributed by atoms with E-state index in [1.807, 2.05) is 18.4 Å². The van der Waals surface area contributed by atoms with Gasteiger partial charge >= 0.3 is 0 Å². The fourth-order valence-corrected chi connectivity index (χ4v) is 7.81. The van der Waals surface area contributed by atoms with Crippen molar-refractivity contribution in [2.24, 2.45) is 9.98 Å². The highest BCUT2D eigenvalue weighted by atomic mass is 32.1. The Morgan fingerprint density at radius 2 is 1.67 bits per heavy atom. The smallest absolute Gasteiger partial charge is 0.156 e. The molecule has 6 aromatic rings. The molecule has 0 saturated carbocycles. The fraction of sp³-hybridized carbons (Fsp3) is 0.150. The van der Waals surface area contributed by atoms with Crippen LogP contribution < -0.4 is 5.32 Å². The Morgan fingerprint density at radius 3 is 2.51 bits per heavy atom. The molecule has 220 valence electrons. The van der Waals surface area contributed by atoms with E-state index in [9.17, 15) is 0 Å². The molecular weight excluding hydrogens is 569 g/mol. The van der Waals surface area contributed by atoms with Gasteiger partial charge in [-0.1, -0.05) is 97.1 Å². The van der Waals surface area contributed by atoms with Crippen molar-refractivity contribution < 1.29 is 0 Å². The number of fused-ring (bicyclic) bond motifs is 7. The summed E-state index contributed by atoms with van der Waals surface area (Å²) in [7, 11) is 1.95. The first kappa shape index (κ1) is 27.5. The number of amidine groups is 2. The summed E-state index contributed by atoms with van der Waals surface area (Å²) < 4.78 is 5.09. The van der Waals surface area contributed by atoms with Gasteiger partial charge in [-0.25, -0.2) is 4.99 Å². The lowest BCUT2D eigenvalue weighted by atomic mass is 10.0. The first-order valence-corrected chi connectivity index (χ1v) is 16.6. The second-order valence-electron chi connectivity index (χ2n) is 11.6. The number of nitrogens with one attached hydrogen (secondary N) is 1. The summed E-state index contributed by atoms with van der Waals surface area (Å²) in [6.07, 6.45) is 17.2. The number of benzene rings is 4. The summed E-state index contributed by atoms with van der Waals surface area (Å²) in [4.78, 5) is 10.4. The number of para-hydroxylation sites is 2. The Balaban J connectivity index is 1.32. The molecule has 5 heteroatoms. The molecule has 0 spiro atoms. The van der Waals surface area contributed by atoms with E-state index in [1.54, 1.807) is 0 Å². The van der Waals surface area contributed by atoms with Gasteiger partial charge in [0, 0.05) is 43.6 Å². The molecule has 45 heavy (non-hydrogen) atoms. The lowest BCUT2D eigenvalue weighted by Crippen LogP contribution is -2.23. The van der Waals surface area contributed by atoms with Crippen LogP contribution in [0.4, 0.5) is 0 Å². The van der Waals surface area contributed by atoms with Crippen LogP contribution in [0.3, 0.4) is 0 Å². The molecule has 2 aliphatic rings. The summed E-state index contributed by atoms with van der Waals surface area (Å²) >= 11 is 1.87. The second kappa shape index (κ2) is 11.8. The highest BCUT2D eigenvalue weighted by molar-refractivity contribution is 7.26. The third kappa shape index (κ3) is 4.94. The number of rotatable bonds is 5. The standard InChI is InChI=1S/C40H34N4S/c1-41-39(27-14-4-2-5-15-27)43-40(28-16-6-3-7-17-28)42-26-29-18-8-11-21-33(29)44-34-22-12-9-19-30(34)31-24-25-36-37(38(31)44)32-20-10-13-23-35(32)45-36/h2,4,6,8-14,16-25H,3,5,7,15,26H2,1H3,(H,41,42,43). The molecule has 2 aromatic heterocycles. The van der Waals surface area contributed by atoms with Crippen molar-refractivity contribution in [3.05, 3.63) is 138 Å². The van der Waals surface area contributed by atoms with Gasteiger partial charge < -0.3 is 9.88 Å². The highest BCUT2D eigenvalue weighted by Crippen LogP contribution is 2.43. The predicted octanol–water partition coefficient (Wildman–Crippen LogP) is 10.2. The SMILES string of the molecule is CN/C(=N\C(=N/Cc1ccccc1-n1c2ccccc2c2ccc3sc4ccccc4c3c21)C1=CCCC=C1)C1=CC=CCC1. The van der Waals surface area contributed by atoms with E-state index < -0.39 is 0 Å². The molecule has 0 radical (unpaired) electrons. The molecule has 4 nitrogen and oxygen atoms in total. The molecule has 0 bridgehead atoms. The van der Waals surface area contributed by atoms with E-state index in [0.717, 1.165) is 54.2 Å². The summed E-state index contributed by atoms with van der Waals surface area (Å²) in [5, 5.41) is 8.52. The van der Waals surface area contributed by atoms with Crippen LogP contribution in [0, 0.1) is 0 Å². The lowest BCUT2D eigenvalue weighted by molar-refractivity contribution is 0.979. The molecule has 1 N–H and O–H groups in total. The van der Waals surface area contributed by atoms with E-state index in [2.05, 4.69) is 131 Å². The summed E-state index contributed by atoms with van der Waals surface area (Å²) in [5.74, 6) is 1.66. The number of nitrogens with zero attached hydrogens (tertiary/aromatic N) is 3. The van der Waals surface area contributed by atoms with E-state index in [4.69, 9.17) is 9.98 Å². The third-order valence-electron chi connectivity index (χ3n) is 8.83. The van der Waals surface area contributed by atoms with Crippen molar-refractivity contribution in [3.8, 4) is 5.69 Å². The fourth-order valence-electron chi connectivity index (χ4n) is 6.70. The van der Waals surface area contributed by atoms with Crippen LogP contribution in [0.2, 0.25) is 0 Å². The average molecular weight is 603 g/mol. The number of aliphatic imine (C=N–C) groups is 2. The zero-order valence-corrected chi connectivity index (χ0v) is 26.1. The maximum absolute atomic E-state index is 5.25. The molecular formula is C40H34N4S. The molecule has 0 unspecified atom stereocenters. The topological polar surface area (TPSA) is 41.7 Å². The van der Waals surface area contributed by atoms with Gasteiger partial charge in [0.1, 0.15) is 5.84 Å². The van der Waals surface area contributed by atoms with Crippen molar-refractivity contribution in [2.45, 2.75) is 32.2 Å². The molecule has 0 aliphatic heterocycles. The Labute approximate surface area is 267 Å². The van der Waals surface area contributed by atoms with Crippen molar-refractivity contribution in [1.29, 1.82) is 0 Å². The summed E-state index contributed by atoms with van der Waals surface area (Å²) in [5.41, 5.74) is 7.08. The molecule has 4 aromatic carbocycles. The minimum absolute atomic E-state index is 0.518.